The highest BCUT2D eigenvalue weighted by Crippen LogP contribution is 2.28. The van der Waals surface area contributed by atoms with E-state index in [1.54, 1.807) is 18.2 Å². The third-order valence-corrected chi connectivity index (χ3v) is 4.18. The van der Waals surface area contributed by atoms with Crippen molar-refractivity contribution in [2.24, 2.45) is 0 Å². The number of ether oxygens (including phenoxy) is 1. The average Bonchev–Trinajstić information content (AvgIpc) is 2.91. The summed E-state index contributed by atoms with van der Waals surface area (Å²) < 4.78 is 5.92. The number of methoxy groups -OCH3 is 1. The van der Waals surface area contributed by atoms with E-state index in [9.17, 15) is 9.59 Å². The SMILES string of the molecule is COc1cc(NC(=O)c2ccc(C(=O)O)s2)ccc1Br. The first kappa shape index (κ1) is 14.5. The Morgan fingerprint density at radius 1 is 1.25 bits per heavy atom. The number of halogens is 1. The topological polar surface area (TPSA) is 75.6 Å². The second-order valence-corrected chi connectivity index (χ2v) is 5.71. The van der Waals surface area contributed by atoms with E-state index < -0.39 is 5.97 Å². The number of anilines is 1. The van der Waals surface area contributed by atoms with Crippen molar-refractivity contribution in [1.82, 2.24) is 0 Å². The molecule has 0 aliphatic rings. The van der Waals surface area contributed by atoms with E-state index in [0.29, 0.717) is 16.3 Å². The Kier molecular flexibility index (Phi) is 4.41. The number of carboxylic acids is 1. The number of amides is 1. The summed E-state index contributed by atoms with van der Waals surface area (Å²) in [6, 6.07) is 8.04. The van der Waals surface area contributed by atoms with Crippen LogP contribution >= 0.6 is 27.3 Å². The van der Waals surface area contributed by atoms with E-state index in [1.165, 1.54) is 19.2 Å². The molecule has 20 heavy (non-hydrogen) atoms. The Bertz CT molecular complexity index is 668. The molecule has 0 aliphatic carbocycles. The van der Waals surface area contributed by atoms with Crippen molar-refractivity contribution in [3.8, 4) is 5.75 Å². The molecule has 0 fully saturated rings. The maximum atomic E-state index is 12.0. The van der Waals surface area contributed by atoms with Crippen molar-refractivity contribution >= 4 is 44.8 Å². The molecule has 0 unspecified atom stereocenters. The zero-order valence-corrected chi connectivity index (χ0v) is 12.7. The molecule has 2 aromatic rings. The summed E-state index contributed by atoms with van der Waals surface area (Å²) in [7, 11) is 1.53. The van der Waals surface area contributed by atoms with Crippen molar-refractivity contribution in [3.05, 3.63) is 44.6 Å². The first-order valence-electron chi connectivity index (χ1n) is 5.49. The van der Waals surface area contributed by atoms with Gasteiger partial charge in [0.25, 0.3) is 5.91 Å². The van der Waals surface area contributed by atoms with Crippen LogP contribution in [0.4, 0.5) is 5.69 Å². The van der Waals surface area contributed by atoms with E-state index in [2.05, 4.69) is 21.2 Å². The monoisotopic (exact) mass is 355 g/mol. The largest absolute Gasteiger partial charge is 0.495 e. The van der Waals surface area contributed by atoms with Crippen LogP contribution in [0.5, 0.6) is 5.75 Å². The van der Waals surface area contributed by atoms with E-state index >= 15 is 0 Å². The fraction of sp³-hybridized carbons (Fsp3) is 0.0769. The van der Waals surface area contributed by atoms with Crippen LogP contribution in [0.1, 0.15) is 19.3 Å². The molecule has 1 aromatic heterocycles. The van der Waals surface area contributed by atoms with Gasteiger partial charge in [0, 0.05) is 11.8 Å². The lowest BCUT2D eigenvalue weighted by Crippen LogP contribution is -2.10. The van der Waals surface area contributed by atoms with Gasteiger partial charge in [-0.15, -0.1) is 11.3 Å². The molecular weight excluding hydrogens is 346 g/mol. The standard InChI is InChI=1S/C13H10BrNO4S/c1-19-9-6-7(2-3-8(9)14)15-12(16)10-4-5-11(20-10)13(17)18/h2-6H,1H3,(H,15,16)(H,17,18). The van der Waals surface area contributed by atoms with Gasteiger partial charge >= 0.3 is 5.97 Å². The van der Waals surface area contributed by atoms with Gasteiger partial charge in [-0.1, -0.05) is 0 Å². The molecule has 7 heteroatoms. The van der Waals surface area contributed by atoms with E-state index in [1.807, 2.05) is 0 Å². The molecule has 0 aliphatic heterocycles. The van der Waals surface area contributed by atoms with Crippen LogP contribution in [-0.2, 0) is 0 Å². The fourth-order valence-corrected chi connectivity index (χ4v) is 2.65. The number of aromatic carboxylic acids is 1. The quantitative estimate of drug-likeness (QED) is 0.880. The van der Waals surface area contributed by atoms with Gasteiger partial charge in [-0.25, -0.2) is 4.79 Å². The van der Waals surface area contributed by atoms with Crippen LogP contribution in [0, 0.1) is 0 Å². The number of hydrogen-bond donors (Lipinski definition) is 2. The van der Waals surface area contributed by atoms with Gasteiger partial charge < -0.3 is 15.2 Å². The lowest BCUT2D eigenvalue weighted by Gasteiger charge is -2.07. The molecule has 0 bridgehead atoms. The van der Waals surface area contributed by atoms with Crippen molar-refractivity contribution in [1.29, 1.82) is 0 Å². The summed E-state index contributed by atoms with van der Waals surface area (Å²) in [4.78, 5) is 23.2. The van der Waals surface area contributed by atoms with Crippen LogP contribution in [0.2, 0.25) is 0 Å². The molecule has 0 saturated carbocycles. The molecule has 0 saturated heterocycles. The third kappa shape index (κ3) is 3.17. The number of carbonyl (C=O) groups is 2. The minimum absolute atomic E-state index is 0.128. The van der Waals surface area contributed by atoms with Gasteiger partial charge in [0.05, 0.1) is 16.5 Å². The van der Waals surface area contributed by atoms with Crippen LogP contribution < -0.4 is 10.1 Å². The summed E-state index contributed by atoms with van der Waals surface area (Å²) in [5, 5.41) is 11.5. The molecule has 104 valence electrons. The summed E-state index contributed by atoms with van der Waals surface area (Å²) >= 11 is 4.25. The van der Waals surface area contributed by atoms with Crippen molar-refractivity contribution < 1.29 is 19.4 Å². The number of benzene rings is 1. The summed E-state index contributed by atoms with van der Waals surface area (Å²) in [5.41, 5.74) is 0.570. The number of rotatable bonds is 4. The van der Waals surface area contributed by atoms with Gasteiger partial charge in [0.2, 0.25) is 0 Å². The van der Waals surface area contributed by atoms with Crippen molar-refractivity contribution in [2.75, 3.05) is 12.4 Å². The number of nitrogens with one attached hydrogen (secondary N) is 1. The number of carbonyl (C=O) groups excluding carboxylic acids is 1. The van der Waals surface area contributed by atoms with Gasteiger partial charge in [-0.2, -0.15) is 0 Å². The zero-order valence-electron chi connectivity index (χ0n) is 10.3. The van der Waals surface area contributed by atoms with Crippen molar-refractivity contribution in [2.45, 2.75) is 0 Å². The normalized spacial score (nSPS) is 10.1. The molecular formula is C13H10BrNO4S. The average molecular weight is 356 g/mol. The van der Waals surface area contributed by atoms with E-state index in [-0.39, 0.29) is 10.8 Å². The molecule has 2 rings (SSSR count). The van der Waals surface area contributed by atoms with E-state index in [4.69, 9.17) is 9.84 Å². The van der Waals surface area contributed by atoms with E-state index in [0.717, 1.165) is 15.8 Å². The smallest absolute Gasteiger partial charge is 0.345 e. The number of thiophene rings is 1. The van der Waals surface area contributed by atoms with Gasteiger partial charge in [0.15, 0.2) is 0 Å². The Morgan fingerprint density at radius 3 is 2.55 bits per heavy atom. The van der Waals surface area contributed by atoms with Gasteiger partial charge in [-0.3, -0.25) is 4.79 Å². The molecule has 1 heterocycles. The van der Waals surface area contributed by atoms with Crippen LogP contribution in [0.15, 0.2) is 34.8 Å². The second-order valence-electron chi connectivity index (χ2n) is 3.77. The Balaban J connectivity index is 2.16. The van der Waals surface area contributed by atoms with Gasteiger partial charge in [-0.05, 0) is 40.2 Å². The fourth-order valence-electron chi connectivity index (χ4n) is 1.51. The second kappa shape index (κ2) is 6.06. The maximum absolute atomic E-state index is 12.0. The Labute approximate surface area is 127 Å². The van der Waals surface area contributed by atoms with Crippen LogP contribution in [0.25, 0.3) is 0 Å². The highest BCUT2D eigenvalue weighted by Gasteiger charge is 2.13. The third-order valence-electron chi connectivity index (χ3n) is 2.45. The molecule has 0 radical (unpaired) electrons. The lowest BCUT2D eigenvalue weighted by molar-refractivity contribution is 0.0702. The van der Waals surface area contributed by atoms with Crippen LogP contribution in [0.3, 0.4) is 0 Å². The first-order chi connectivity index (χ1) is 9.51. The highest BCUT2D eigenvalue weighted by molar-refractivity contribution is 9.10. The number of carboxylic acid groups (broad SMARTS) is 1. The Hall–Kier alpha value is -1.86. The maximum Gasteiger partial charge on any atom is 0.345 e. The first-order valence-corrected chi connectivity index (χ1v) is 7.10. The zero-order chi connectivity index (χ0) is 14.7. The molecule has 1 amide bonds. The minimum Gasteiger partial charge on any atom is -0.495 e. The molecule has 5 nitrogen and oxygen atoms in total. The highest BCUT2D eigenvalue weighted by atomic mass is 79.9. The number of hydrogen-bond acceptors (Lipinski definition) is 4. The van der Waals surface area contributed by atoms with Crippen molar-refractivity contribution in [3.63, 3.8) is 0 Å². The predicted octanol–water partition coefficient (Wildman–Crippen LogP) is 3.47. The predicted molar refractivity (Wildman–Crippen MR) is 79.9 cm³/mol. The summed E-state index contributed by atoms with van der Waals surface area (Å²) in [5.74, 6) is -0.800. The summed E-state index contributed by atoms with van der Waals surface area (Å²) in [6.45, 7) is 0. The van der Waals surface area contributed by atoms with Crippen LogP contribution in [-0.4, -0.2) is 24.1 Å². The molecule has 0 atom stereocenters. The Morgan fingerprint density at radius 2 is 1.95 bits per heavy atom. The molecule has 0 spiro atoms. The lowest BCUT2D eigenvalue weighted by atomic mass is 10.3. The summed E-state index contributed by atoms with van der Waals surface area (Å²) in [6.07, 6.45) is 0. The minimum atomic E-state index is -1.04. The molecule has 1 aromatic carbocycles. The van der Waals surface area contributed by atoms with Gasteiger partial charge in [0.1, 0.15) is 10.6 Å². The molecule has 2 N–H and O–H groups in total.